The summed E-state index contributed by atoms with van der Waals surface area (Å²) in [6.45, 7) is 7.42. The van der Waals surface area contributed by atoms with E-state index < -0.39 is 0 Å². The van der Waals surface area contributed by atoms with Gasteiger partial charge in [0.2, 0.25) is 0 Å². The van der Waals surface area contributed by atoms with E-state index in [1.54, 1.807) is 0 Å². The van der Waals surface area contributed by atoms with E-state index in [1.807, 2.05) is 30.7 Å². The highest BCUT2D eigenvalue weighted by Crippen LogP contribution is 2.11. The maximum atomic E-state index is 12.0. The second kappa shape index (κ2) is 5.95. The summed E-state index contributed by atoms with van der Waals surface area (Å²) in [6.07, 6.45) is 2.29. The molecule has 4 nitrogen and oxygen atoms in total. The third kappa shape index (κ3) is 3.09. The smallest absolute Gasteiger partial charge is 0.320 e. The van der Waals surface area contributed by atoms with Crippen molar-refractivity contribution in [2.45, 2.75) is 32.7 Å². The third-order valence-corrected chi connectivity index (χ3v) is 3.13. The molecule has 2 amide bonds. The number of likely N-dealkylation sites (tertiary alicyclic amines) is 1. The number of amides is 2. The zero-order chi connectivity index (χ0) is 11.3. The van der Waals surface area contributed by atoms with Gasteiger partial charge in [0.1, 0.15) is 0 Å². The second-order valence-electron chi connectivity index (χ2n) is 4.03. The largest absolute Gasteiger partial charge is 0.325 e. The minimum absolute atomic E-state index is 0.194. The fourth-order valence-corrected chi connectivity index (χ4v) is 2.08. The summed E-state index contributed by atoms with van der Waals surface area (Å²) in [7, 11) is 1.97. The van der Waals surface area contributed by atoms with Gasteiger partial charge in [-0.3, -0.25) is 0 Å². The number of nitrogens with one attached hydrogen (secondary N) is 1. The Labute approximate surface area is 92.6 Å². The van der Waals surface area contributed by atoms with Gasteiger partial charge in [0.05, 0.1) is 0 Å². The van der Waals surface area contributed by atoms with Crippen molar-refractivity contribution in [1.82, 2.24) is 15.1 Å². The topological polar surface area (TPSA) is 35.6 Å². The third-order valence-electron chi connectivity index (χ3n) is 3.13. The number of nitrogens with zero attached hydrogens (tertiary/aromatic N) is 2. The number of piperidine rings is 1. The van der Waals surface area contributed by atoms with Crippen molar-refractivity contribution >= 4 is 6.03 Å². The molecule has 1 aliphatic heterocycles. The van der Waals surface area contributed by atoms with Crippen LogP contribution in [-0.2, 0) is 0 Å². The molecule has 1 atom stereocenters. The number of likely N-dealkylation sites (N-methyl/N-ethyl adjacent to an activating group) is 1. The van der Waals surface area contributed by atoms with Gasteiger partial charge in [-0.25, -0.2) is 4.79 Å². The Morgan fingerprint density at radius 1 is 1.47 bits per heavy atom. The summed E-state index contributed by atoms with van der Waals surface area (Å²) in [4.78, 5) is 15.9. The van der Waals surface area contributed by atoms with E-state index >= 15 is 0 Å². The quantitative estimate of drug-likeness (QED) is 0.763. The molecule has 1 unspecified atom stereocenters. The van der Waals surface area contributed by atoms with E-state index in [-0.39, 0.29) is 6.03 Å². The summed E-state index contributed by atoms with van der Waals surface area (Å²) in [6, 6.07) is 0.665. The van der Waals surface area contributed by atoms with Gasteiger partial charge in [0.15, 0.2) is 0 Å². The van der Waals surface area contributed by atoms with Crippen LogP contribution in [0.5, 0.6) is 0 Å². The van der Waals surface area contributed by atoms with Crippen molar-refractivity contribution in [2.24, 2.45) is 0 Å². The van der Waals surface area contributed by atoms with Crippen LogP contribution in [0.1, 0.15) is 26.7 Å². The van der Waals surface area contributed by atoms with Crippen LogP contribution < -0.4 is 5.32 Å². The molecule has 0 spiro atoms. The van der Waals surface area contributed by atoms with E-state index in [0.29, 0.717) is 6.04 Å². The van der Waals surface area contributed by atoms with Gasteiger partial charge in [0.25, 0.3) is 0 Å². The van der Waals surface area contributed by atoms with Gasteiger partial charge >= 0.3 is 6.03 Å². The molecule has 4 heteroatoms. The molecule has 0 aromatic rings. The molecular formula is C11H23N3O. The molecule has 1 fully saturated rings. The summed E-state index contributed by atoms with van der Waals surface area (Å²) in [5.74, 6) is 0. The maximum Gasteiger partial charge on any atom is 0.320 e. The summed E-state index contributed by atoms with van der Waals surface area (Å²) >= 11 is 0. The van der Waals surface area contributed by atoms with Crippen LogP contribution in [0, 0.1) is 0 Å². The first-order valence-electron chi connectivity index (χ1n) is 5.94. The number of carbonyl (C=O) groups is 1. The fourth-order valence-electron chi connectivity index (χ4n) is 2.08. The maximum absolute atomic E-state index is 12.0. The van der Waals surface area contributed by atoms with Crippen LogP contribution in [0.3, 0.4) is 0 Å². The molecule has 1 aliphatic rings. The van der Waals surface area contributed by atoms with Crippen molar-refractivity contribution in [1.29, 1.82) is 0 Å². The lowest BCUT2D eigenvalue weighted by Crippen LogP contribution is -2.51. The second-order valence-corrected chi connectivity index (χ2v) is 4.03. The normalized spacial score (nSPS) is 21.5. The van der Waals surface area contributed by atoms with E-state index in [2.05, 4.69) is 5.32 Å². The Balaban J connectivity index is 2.51. The Morgan fingerprint density at radius 3 is 2.67 bits per heavy atom. The highest BCUT2D eigenvalue weighted by molar-refractivity contribution is 5.74. The summed E-state index contributed by atoms with van der Waals surface area (Å²) in [5, 5.41) is 3.25. The van der Waals surface area contributed by atoms with Gasteiger partial charge in [-0.05, 0) is 33.7 Å². The SMILES string of the molecule is CCN(CC)C(=O)N1CCCC(NC)C1. The van der Waals surface area contributed by atoms with Crippen LogP contribution in [0.2, 0.25) is 0 Å². The van der Waals surface area contributed by atoms with E-state index in [4.69, 9.17) is 0 Å². The zero-order valence-corrected chi connectivity index (χ0v) is 10.1. The predicted octanol–water partition coefficient (Wildman–Crippen LogP) is 1.13. The average Bonchev–Trinajstić information content (AvgIpc) is 2.30. The molecule has 0 saturated carbocycles. The van der Waals surface area contributed by atoms with Gasteiger partial charge in [-0.15, -0.1) is 0 Å². The van der Waals surface area contributed by atoms with Crippen LogP contribution in [0.4, 0.5) is 4.79 Å². The fraction of sp³-hybridized carbons (Fsp3) is 0.909. The highest BCUT2D eigenvalue weighted by atomic mass is 16.2. The molecule has 0 aromatic heterocycles. The van der Waals surface area contributed by atoms with Crippen molar-refractivity contribution in [2.75, 3.05) is 33.2 Å². The number of hydrogen-bond acceptors (Lipinski definition) is 2. The predicted molar refractivity (Wildman–Crippen MR) is 62.0 cm³/mol. The average molecular weight is 213 g/mol. The van der Waals surface area contributed by atoms with Gasteiger partial charge in [-0.1, -0.05) is 0 Å². The number of hydrogen-bond donors (Lipinski definition) is 1. The lowest BCUT2D eigenvalue weighted by Gasteiger charge is -2.35. The minimum Gasteiger partial charge on any atom is -0.325 e. The Bertz CT molecular complexity index is 204. The lowest BCUT2D eigenvalue weighted by atomic mass is 10.1. The van der Waals surface area contributed by atoms with E-state index in [0.717, 1.165) is 32.6 Å². The highest BCUT2D eigenvalue weighted by Gasteiger charge is 2.24. The molecule has 1 heterocycles. The first-order chi connectivity index (χ1) is 7.22. The Morgan fingerprint density at radius 2 is 2.13 bits per heavy atom. The molecule has 1 N–H and O–H groups in total. The van der Waals surface area contributed by atoms with Crippen molar-refractivity contribution in [3.05, 3.63) is 0 Å². The van der Waals surface area contributed by atoms with E-state index in [1.165, 1.54) is 6.42 Å². The first-order valence-corrected chi connectivity index (χ1v) is 5.94. The first kappa shape index (κ1) is 12.3. The number of urea groups is 1. The molecule has 0 aromatic carbocycles. The van der Waals surface area contributed by atoms with Crippen LogP contribution in [0.15, 0.2) is 0 Å². The molecule has 0 radical (unpaired) electrons. The number of carbonyl (C=O) groups excluding carboxylic acids is 1. The van der Waals surface area contributed by atoms with Gasteiger partial charge in [-0.2, -0.15) is 0 Å². The van der Waals surface area contributed by atoms with Gasteiger partial charge < -0.3 is 15.1 Å². The molecule has 1 rings (SSSR count). The van der Waals surface area contributed by atoms with Crippen molar-refractivity contribution < 1.29 is 4.79 Å². The number of rotatable bonds is 3. The molecule has 15 heavy (non-hydrogen) atoms. The van der Waals surface area contributed by atoms with Crippen molar-refractivity contribution in [3.8, 4) is 0 Å². The van der Waals surface area contributed by atoms with Gasteiger partial charge in [0, 0.05) is 32.2 Å². The summed E-state index contributed by atoms with van der Waals surface area (Å²) in [5.41, 5.74) is 0. The lowest BCUT2D eigenvalue weighted by molar-refractivity contribution is 0.139. The monoisotopic (exact) mass is 213 g/mol. The minimum atomic E-state index is 0.194. The van der Waals surface area contributed by atoms with Crippen LogP contribution in [-0.4, -0.2) is 55.1 Å². The van der Waals surface area contributed by atoms with Crippen LogP contribution >= 0.6 is 0 Å². The van der Waals surface area contributed by atoms with E-state index in [9.17, 15) is 4.79 Å². The Kier molecular flexibility index (Phi) is 4.88. The molecule has 1 saturated heterocycles. The molecular weight excluding hydrogens is 190 g/mol. The Hall–Kier alpha value is -0.770. The molecule has 0 bridgehead atoms. The molecule has 88 valence electrons. The van der Waals surface area contributed by atoms with Crippen LogP contribution in [0.25, 0.3) is 0 Å². The summed E-state index contributed by atoms with van der Waals surface area (Å²) < 4.78 is 0. The standard InChI is InChI=1S/C11H23N3O/c1-4-13(5-2)11(15)14-8-6-7-10(9-14)12-3/h10,12H,4-9H2,1-3H3. The zero-order valence-electron chi connectivity index (χ0n) is 10.1. The van der Waals surface area contributed by atoms with Crippen molar-refractivity contribution in [3.63, 3.8) is 0 Å². The molecule has 0 aliphatic carbocycles.